The third-order valence-electron chi connectivity index (χ3n) is 4.50. The molecule has 0 spiro atoms. The van der Waals surface area contributed by atoms with Crippen molar-refractivity contribution in [2.75, 3.05) is 73.9 Å². The van der Waals surface area contributed by atoms with E-state index in [0.29, 0.717) is 56.9 Å². The topological polar surface area (TPSA) is 303 Å². The Morgan fingerprint density at radius 3 is 0.892 bits per heavy atom. The minimum absolute atomic E-state index is 0.0328. The second-order valence-electron chi connectivity index (χ2n) is 7.40. The van der Waals surface area contributed by atoms with E-state index in [0.717, 1.165) is 0 Å². The van der Waals surface area contributed by atoms with Gasteiger partial charge >= 0.3 is 0 Å². The van der Waals surface area contributed by atoms with Gasteiger partial charge in [0.25, 0.3) is 0 Å². The number of hydrogen-bond acceptors (Lipinski definition) is 19. The predicted molar refractivity (Wildman–Crippen MR) is 131 cm³/mol. The van der Waals surface area contributed by atoms with Gasteiger partial charge in [0.15, 0.2) is 17.5 Å². The normalized spacial score (nSPS) is 11.3. The van der Waals surface area contributed by atoms with Crippen LogP contribution in [-0.2, 0) is 34.0 Å². The van der Waals surface area contributed by atoms with Crippen LogP contribution in [0.3, 0.4) is 0 Å². The number of anilines is 6. The third kappa shape index (κ3) is 10.0. The maximum atomic E-state index is 5.67. The van der Waals surface area contributed by atoms with E-state index in [4.69, 9.17) is 48.6 Å². The summed E-state index contributed by atoms with van der Waals surface area (Å²) in [5, 5.41) is 0. The molecule has 0 aliphatic carbocycles. The van der Waals surface area contributed by atoms with E-state index in [1.807, 2.05) is 0 Å². The summed E-state index contributed by atoms with van der Waals surface area (Å²) in [6.07, 6.45) is 0. The maximum Gasteiger partial charge on any atom is 0.225 e. The summed E-state index contributed by atoms with van der Waals surface area (Å²) in [5.41, 5.74) is 33.5. The summed E-state index contributed by atoms with van der Waals surface area (Å²) in [6.45, 7) is 3.15. The molecule has 3 aromatic heterocycles. The van der Waals surface area contributed by atoms with Crippen molar-refractivity contribution in [2.45, 2.75) is 19.8 Å². The smallest absolute Gasteiger partial charge is 0.225 e. The van der Waals surface area contributed by atoms with E-state index in [9.17, 15) is 0 Å². The van der Waals surface area contributed by atoms with Crippen molar-refractivity contribution in [3.05, 3.63) is 17.5 Å². The van der Waals surface area contributed by atoms with Gasteiger partial charge in [-0.25, -0.2) is 0 Å². The standard InChI is InChI=1S/C18H30N16O3/c19-13-25-10(26-14(20)31-13)7-35-4-1-34(2-5-36-8-11-27-15(21)32-16(22)28-11)3-6-37-9-12-29-17(23)33-18(24)30-12/h1-9H2,(H4,19,20,25,26,31)(H4,21,22,27,28,32)(H4,23,24,29,30,33). The van der Waals surface area contributed by atoms with Gasteiger partial charge in [0.2, 0.25) is 35.7 Å². The summed E-state index contributed by atoms with van der Waals surface area (Å²) in [6, 6.07) is 0. The Hall–Kier alpha value is -4.33. The van der Waals surface area contributed by atoms with Crippen molar-refractivity contribution in [3.63, 3.8) is 0 Å². The number of aromatic nitrogens is 9. The highest BCUT2D eigenvalue weighted by Gasteiger charge is 2.09. The van der Waals surface area contributed by atoms with Crippen LogP contribution in [0.15, 0.2) is 0 Å². The number of nitrogens with two attached hydrogens (primary N) is 6. The Bertz CT molecular complexity index is 950. The van der Waals surface area contributed by atoms with Gasteiger partial charge < -0.3 is 48.6 Å². The fraction of sp³-hybridized carbons (Fsp3) is 0.500. The monoisotopic (exact) mass is 518 g/mol. The lowest BCUT2D eigenvalue weighted by Crippen LogP contribution is -2.34. The molecule has 0 radical (unpaired) electrons. The molecule has 0 unspecified atom stereocenters. The predicted octanol–water partition coefficient (Wildman–Crippen LogP) is -3.01. The molecule has 37 heavy (non-hydrogen) atoms. The van der Waals surface area contributed by atoms with E-state index in [1.165, 1.54) is 0 Å². The van der Waals surface area contributed by atoms with Gasteiger partial charge in [0, 0.05) is 19.6 Å². The third-order valence-corrected chi connectivity index (χ3v) is 4.50. The molecule has 0 bridgehead atoms. The van der Waals surface area contributed by atoms with Crippen LogP contribution in [0.5, 0.6) is 0 Å². The molecule has 0 saturated heterocycles. The number of ether oxygens (including phenoxy) is 3. The Labute approximate surface area is 211 Å². The molecule has 3 rings (SSSR count). The van der Waals surface area contributed by atoms with Crippen LogP contribution in [0, 0.1) is 0 Å². The molecule has 3 heterocycles. The summed E-state index contributed by atoms with van der Waals surface area (Å²) in [4.78, 5) is 37.1. The zero-order chi connectivity index (χ0) is 26.6. The van der Waals surface area contributed by atoms with Gasteiger partial charge in [-0.2, -0.15) is 44.9 Å². The molecule has 19 nitrogen and oxygen atoms in total. The van der Waals surface area contributed by atoms with Gasteiger partial charge in [-0.05, 0) is 0 Å². The highest BCUT2D eigenvalue weighted by atomic mass is 16.5. The summed E-state index contributed by atoms with van der Waals surface area (Å²) < 4.78 is 17.0. The fourth-order valence-electron chi connectivity index (χ4n) is 2.97. The van der Waals surface area contributed by atoms with E-state index in [1.54, 1.807) is 0 Å². The first kappa shape index (κ1) is 27.3. The summed E-state index contributed by atoms with van der Waals surface area (Å²) >= 11 is 0. The molecule has 0 aliphatic rings. The van der Waals surface area contributed by atoms with Crippen LogP contribution in [0.4, 0.5) is 35.7 Å². The zero-order valence-corrected chi connectivity index (χ0v) is 20.0. The molecule has 12 N–H and O–H groups in total. The van der Waals surface area contributed by atoms with Crippen LogP contribution >= 0.6 is 0 Å². The van der Waals surface area contributed by atoms with Crippen molar-refractivity contribution in [2.24, 2.45) is 0 Å². The van der Waals surface area contributed by atoms with Crippen LogP contribution in [-0.4, -0.2) is 89.2 Å². The Morgan fingerprint density at radius 1 is 0.405 bits per heavy atom. The average Bonchev–Trinajstić information content (AvgIpc) is 2.80. The Balaban J connectivity index is 1.45. The number of hydrogen-bond donors (Lipinski definition) is 6. The van der Waals surface area contributed by atoms with Gasteiger partial charge in [0.1, 0.15) is 19.8 Å². The lowest BCUT2D eigenvalue weighted by Gasteiger charge is -2.22. The number of rotatable bonds is 15. The van der Waals surface area contributed by atoms with Gasteiger partial charge in [-0.1, -0.05) is 0 Å². The largest absolute Gasteiger partial charge is 0.372 e. The molecular weight excluding hydrogens is 488 g/mol. The molecule has 200 valence electrons. The van der Waals surface area contributed by atoms with Crippen molar-refractivity contribution in [1.82, 2.24) is 49.8 Å². The first-order chi connectivity index (χ1) is 17.8. The van der Waals surface area contributed by atoms with Gasteiger partial charge in [-0.3, -0.25) is 4.90 Å². The van der Waals surface area contributed by atoms with Crippen molar-refractivity contribution in [1.29, 1.82) is 0 Å². The highest BCUT2D eigenvalue weighted by molar-refractivity contribution is 5.27. The van der Waals surface area contributed by atoms with Crippen LogP contribution in [0.25, 0.3) is 0 Å². The lowest BCUT2D eigenvalue weighted by molar-refractivity contribution is 0.0394. The van der Waals surface area contributed by atoms with Crippen LogP contribution < -0.4 is 34.4 Å². The maximum absolute atomic E-state index is 5.67. The van der Waals surface area contributed by atoms with E-state index >= 15 is 0 Å². The molecular formula is C18H30N16O3. The quantitative estimate of drug-likeness (QED) is 0.109. The van der Waals surface area contributed by atoms with Gasteiger partial charge in [0.05, 0.1) is 19.8 Å². The molecule has 19 heteroatoms. The molecule has 0 aliphatic heterocycles. The number of nitrogens with zero attached hydrogens (tertiary/aromatic N) is 10. The van der Waals surface area contributed by atoms with Crippen molar-refractivity contribution in [3.8, 4) is 0 Å². The fourth-order valence-corrected chi connectivity index (χ4v) is 2.97. The molecule has 0 amide bonds. The summed E-state index contributed by atoms with van der Waals surface area (Å²) in [5.74, 6) is 1.22. The highest BCUT2D eigenvalue weighted by Crippen LogP contribution is 2.03. The van der Waals surface area contributed by atoms with E-state index in [2.05, 4.69) is 49.8 Å². The van der Waals surface area contributed by atoms with Crippen molar-refractivity contribution >= 4 is 35.7 Å². The Kier molecular flexibility index (Phi) is 10.1. The number of nitrogen functional groups attached to an aromatic ring is 6. The molecule has 3 aromatic rings. The second-order valence-corrected chi connectivity index (χ2v) is 7.40. The zero-order valence-electron chi connectivity index (χ0n) is 20.0. The van der Waals surface area contributed by atoms with E-state index in [-0.39, 0.29) is 55.5 Å². The average molecular weight is 519 g/mol. The first-order valence-corrected chi connectivity index (χ1v) is 11.0. The minimum Gasteiger partial charge on any atom is -0.372 e. The first-order valence-electron chi connectivity index (χ1n) is 11.0. The molecule has 0 fully saturated rings. The summed E-state index contributed by atoms with van der Waals surface area (Å²) in [7, 11) is 0. The van der Waals surface area contributed by atoms with Crippen molar-refractivity contribution < 1.29 is 14.2 Å². The SMILES string of the molecule is Nc1nc(N)nc(COCCN(CCOCc2nc(N)nc(N)n2)CCOCc2nc(N)nc(N)n2)n1. The Morgan fingerprint density at radius 2 is 0.649 bits per heavy atom. The van der Waals surface area contributed by atoms with Crippen LogP contribution in [0.2, 0.25) is 0 Å². The molecule has 0 saturated carbocycles. The minimum atomic E-state index is 0.0328. The second kappa shape index (κ2) is 13.7. The molecule has 0 aromatic carbocycles. The lowest BCUT2D eigenvalue weighted by atomic mass is 10.4. The van der Waals surface area contributed by atoms with E-state index < -0.39 is 0 Å². The van der Waals surface area contributed by atoms with Crippen LogP contribution in [0.1, 0.15) is 17.5 Å². The molecule has 0 atom stereocenters. The van der Waals surface area contributed by atoms with Gasteiger partial charge in [-0.15, -0.1) is 0 Å².